The van der Waals surface area contributed by atoms with Crippen LogP contribution in [0.25, 0.3) is 11.0 Å². The van der Waals surface area contributed by atoms with Crippen LogP contribution in [0.2, 0.25) is 0 Å². The number of aromatic nitrogens is 3. The zero-order valence-corrected chi connectivity index (χ0v) is 18.0. The second kappa shape index (κ2) is 8.99. The molecule has 2 heterocycles. The monoisotopic (exact) mass is 431 g/mol. The topological polar surface area (TPSA) is 82.7 Å². The van der Waals surface area contributed by atoms with Crippen molar-refractivity contribution in [3.8, 4) is 0 Å². The number of aromatic amines is 1. The van der Waals surface area contributed by atoms with Crippen molar-refractivity contribution in [2.75, 3.05) is 13.1 Å². The first-order valence-corrected chi connectivity index (χ1v) is 11.6. The Labute approximate surface area is 185 Å². The Balaban J connectivity index is 1.07. The molecule has 0 fully saturated rings. The average molecular weight is 432 g/mol. The number of fused-ring (bicyclic) bond motifs is 2. The van der Waals surface area contributed by atoms with Crippen LogP contribution in [0.15, 0.2) is 53.9 Å². The number of thiazole rings is 1. The summed E-state index contributed by atoms with van der Waals surface area (Å²) in [7, 11) is 0. The Bertz CT molecular complexity index is 1160. The molecule has 1 atom stereocenters. The van der Waals surface area contributed by atoms with Crippen LogP contribution in [-0.4, -0.2) is 33.9 Å². The van der Waals surface area contributed by atoms with E-state index in [-0.39, 0.29) is 11.9 Å². The first-order chi connectivity index (χ1) is 15.3. The Morgan fingerprint density at radius 2 is 1.90 bits per heavy atom. The van der Waals surface area contributed by atoms with Crippen LogP contribution >= 0.6 is 11.3 Å². The van der Waals surface area contributed by atoms with Gasteiger partial charge in [0, 0.05) is 31.3 Å². The lowest BCUT2D eigenvalue weighted by Crippen LogP contribution is -2.27. The maximum absolute atomic E-state index is 12.6. The summed E-state index contributed by atoms with van der Waals surface area (Å²) in [6.07, 6.45) is 3.63. The highest BCUT2D eigenvalue weighted by Crippen LogP contribution is 2.30. The number of rotatable bonds is 8. The lowest BCUT2D eigenvalue weighted by molar-refractivity contribution is 0.0932. The van der Waals surface area contributed by atoms with Gasteiger partial charge in [-0.1, -0.05) is 36.4 Å². The van der Waals surface area contributed by atoms with Crippen molar-refractivity contribution in [3.63, 3.8) is 0 Å². The van der Waals surface area contributed by atoms with Crippen LogP contribution < -0.4 is 10.6 Å². The van der Waals surface area contributed by atoms with Crippen molar-refractivity contribution in [1.82, 2.24) is 25.6 Å². The van der Waals surface area contributed by atoms with Gasteiger partial charge < -0.3 is 15.6 Å². The average Bonchev–Trinajstić information content (AvgIpc) is 3.52. The molecule has 0 bridgehead atoms. The number of para-hydroxylation sites is 2. The molecule has 0 spiro atoms. The number of aryl methyl sites for hydroxylation is 1. The molecule has 6 nitrogen and oxygen atoms in total. The molecule has 1 unspecified atom stereocenters. The fourth-order valence-corrected chi connectivity index (χ4v) is 4.90. The van der Waals surface area contributed by atoms with Gasteiger partial charge in [0.2, 0.25) is 0 Å². The minimum atomic E-state index is -0.0814. The Morgan fingerprint density at radius 1 is 1.06 bits per heavy atom. The minimum absolute atomic E-state index is 0.0814. The van der Waals surface area contributed by atoms with Crippen molar-refractivity contribution in [2.45, 2.75) is 31.7 Å². The zero-order valence-electron chi connectivity index (χ0n) is 17.2. The van der Waals surface area contributed by atoms with Gasteiger partial charge in [-0.05, 0) is 36.1 Å². The molecule has 0 saturated carbocycles. The molecule has 3 N–H and O–H groups in total. The molecule has 0 aliphatic heterocycles. The van der Waals surface area contributed by atoms with Gasteiger partial charge in [0.15, 0.2) is 0 Å². The normalized spacial score (nSPS) is 15.3. The van der Waals surface area contributed by atoms with Gasteiger partial charge in [-0.3, -0.25) is 4.79 Å². The summed E-state index contributed by atoms with van der Waals surface area (Å²) in [5.41, 5.74) is 5.17. The van der Waals surface area contributed by atoms with Crippen LogP contribution in [-0.2, 0) is 19.3 Å². The number of carbonyl (C=O) groups excluding carboxylic acids is 1. The van der Waals surface area contributed by atoms with Crippen molar-refractivity contribution < 1.29 is 4.79 Å². The number of amides is 1. The molecular weight excluding hydrogens is 406 g/mol. The van der Waals surface area contributed by atoms with Gasteiger partial charge in [0.25, 0.3) is 5.91 Å². The van der Waals surface area contributed by atoms with Crippen molar-refractivity contribution in [1.29, 1.82) is 0 Å². The Morgan fingerprint density at radius 3 is 2.84 bits per heavy atom. The molecule has 7 heteroatoms. The molecule has 1 aliphatic carbocycles. The first kappa shape index (κ1) is 19.9. The van der Waals surface area contributed by atoms with E-state index < -0.39 is 0 Å². The smallest absolute Gasteiger partial charge is 0.271 e. The number of H-pyrrole nitrogens is 1. The fraction of sp³-hybridized carbons (Fsp3) is 0.292. The molecule has 4 aromatic rings. The van der Waals surface area contributed by atoms with Gasteiger partial charge >= 0.3 is 0 Å². The highest BCUT2D eigenvalue weighted by Gasteiger charge is 2.24. The second-order valence-corrected chi connectivity index (χ2v) is 8.78. The van der Waals surface area contributed by atoms with E-state index in [0.29, 0.717) is 5.69 Å². The molecular formula is C24H25N5OS. The third kappa shape index (κ3) is 4.52. The Kier molecular flexibility index (Phi) is 5.78. The zero-order chi connectivity index (χ0) is 21.0. The predicted molar refractivity (Wildman–Crippen MR) is 123 cm³/mol. The lowest BCUT2D eigenvalue weighted by Gasteiger charge is -2.12. The maximum Gasteiger partial charge on any atom is 0.271 e. The van der Waals surface area contributed by atoms with Gasteiger partial charge in [0.1, 0.15) is 11.5 Å². The van der Waals surface area contributed by atoms with E-state index in [9.17, 15) is 4.79 Å². The molecule has 2 aromatic carbocycles. The van der Waals surface area contributed by atoms with E-state index in [2.05, 4.69) is 43.8 Å². The summed E-state index contributed by atoms with van der Waals surface area (Å²) in [5.74, 6) is 0.914. The van der Waals surface area contributed by atoms with E-state index in [0.717, 1.165) is 60.6 Å². The number of benzene rings is 2. The van der Waals surface area contributed by atoms with Crippen molar-refractivity contribution in [2.24, 2.45) is 0 Å². The van der Waals surface area contributed by atoms with E-state index in [1.54, 1.807) is 11.3 Å². The first-order valence-electron chi connectivity index (χ1n) is 10.7. The molecule has 5 rings (SSSR count). The molecule has 158 valence electrons. The molecule has 2 aromatic heterocycles. The standard InChI is InChI=1S/C24H25N5OS/c30-24(29-18-10-9-16-5-1-2-6-17(16)18)21-15-31-23(28-21)12-14-25-13-11-22-26-19-7-3-4-8-20(19)27-22/h1-8,15,18,25H,9-14H2,(H,26,27)(H,29,30). The summed E-state index contributed by atoms with van der Waals surface area (Å²) < 4.78 is 0. The van der Waals surface area contributed by atoms with E-state index in [4.69, 9.17) is 0 Å². The van der Waals surface area contributed by atoms with E-state index >= 15 is 0 Å². The van der Waals surface area contributed by atoms with Gasteiger partial charge in [-0.15, -0.1) is 11.3 Å². The summed E-state index contributed by atoms with van der Waals surface area (Å²) >= 11 is 1.55. The molecule has 0 saturated heterocycles. The lowest BCUT2D eigenvalue weighted by atomic mass is 10.1. The SMILES string of the molecule is O=C(NC1CCc2ccccc21)c1csc(CCNCCc2nc3ccccc3[nH]2)n1. The number of nitrogens with zero attached hydrogens (tertiary/aromatic N) is 2. The third-order valence-corrected chi connectivity index (χ3v) is 6.62. The molecule has 1 amide bonds. The van der Waals surface area contributed by atoms with E-state index in [1.165, 1.54) is 11.1 Å². The third-order valence-electron chi connectivity index (χ3n) is 5.72. The highest BCUT2D eigenvalue weighted by molar-refractivity contribution is 7.09. The number of imidazole rings is 1. The fourth-order valence-electron chi connectivity index (χ4n) is 4.12. The van der Waals surface area contributed by atoms with Crippen LogP contribution in [0.4, 0.5) is 0 Å². The quantitative estimate of drug-likeness (QED) is 0.371. The summed E-state index contributed by atoms with van der Waals surface area (Å²) in [4.78, 5) is 25.1. The summed E-state index contributed by atoms with van der Waals surface area (Å²) in [6.45, 7) is 1.67. The van der Waals surface area contributed by atoms with Gasteiger partial charge in [0.05, 0.1) is 22.1 Å². The van der Waals surface area contributed by atoms with Crippen molar-refractivity contribution >= 4 is 28.3 Å². The van der Waals surface area contributed by atoms with Crippen LogP contribution in [0.3, 0.4) is 0 Å². The second-order valence-electron chi connectivity index (χ2n) is 7.84. The molecule has 31 heavy (non-hydrogen) atoms. The Hall–Kier alpha value is -3.03. The highest BCUT2D eigenvalue weighted by atomic mass is 32.1. The van der Waals surface area contributed by atoms with Crippen LogP contribution in [0.5, 0.6) is 0 Å². The van der Waals surface area contributed by atoms with Gasteiger partial charge in [-0.25, -0.2) is 9.97 Å². The number of hydrogen-bond donors (Lipinski definition) is 3. The largest absolute Gasteiger partial charge is 0.344 e. The van der Waals surface area contributed by atoms with Crippen molar-refractivity contribution in [3.05, 3.63) is 81.6 Å². The van der Waals surface area contributed by atoms with Crippen LogP contribution in [0.1, 0.15) is 44.9 Å². The maximum atomic E-state index is 12.6. The molecule has 1 aliphatic rings. The van der Waals surface area contributed by atoms with Gasteiger partial charge in [-0.2, -0.15) is 0 Å². The van der Waals surface area contributed by atoms with Crippen LogP contribution in [0, 0.1) is 0 Å². The molecule has 0 radical (unpaired) electrons. The minimum Gasteiger partial charge on any atom is -0.344 e. The summed E-state index contributed by atoms with van der Waals surface area (Å²) in [5, 5.41) is 9.43. The van der Waals surface area contributed by atoms with E-state index in [1.807, 2.05) is 35.7 Å². The predicted octanol–water partition coefficient (Wildman–Crippen LogP) is 3.81. The number of hydrogen-bond acceptors (Lipinski definition) is 5. The summed E-state index contributed by atoms with van der Waals surface area (Å²) in [6, 6.07) is 16.5. The number of carbonyl (C=O) groups is 1. The number of nitrogens with one attached hydrogen (secondary N) is 3.